The van der Waals surface area contributed by atoms with Gasteiger partial charge in [0, 0.05) is 10.8 Å². The molecule has 60 valence electrons. The molecule has 0 saturated heterocycles. The molecule has 1 saturated carbocycles. The molecule has 11 heavy (non-hydrogen) atoms. The van der Waals surface area contributed by atoms with Crippen LogP contribution in [0.15, 0.2) is 5.38 Å². The Morgan fingerprint density at radius 3 is 2.82 bits per heavy atom. The SMILES string of the molecule is CCc1csc(C2(C)CC2)n1. The number of aryl methyl sites for hydroxylation is 1. The molecule has 0 bridgehead atoms. The molecule has 1 aliphatic rings. The van der Waals surface area contributed by atoms with E-state index in [0.717, 1.165) is 6.42 Å². The maximum Gasteiger partial charge on any atom is 0.0987 e. The Labute approximate surface area is 71.5 Å². The summed E-state index contributed by atoms with van der Waals surface area (Å²) < 4.78 is 0. The van der Waals surface area contributed by atoms with Crippen LogP contribution in [0.2, 0.25) is 0 Å². The fourth-order valence-corrected chi connectivity index (χ4v) is 2.27. The van der Waals surface area contributed by atoms with E-state index in [0.29, 0.717) is 5.41 Å². The van der Waals surface area contributed by atoms with Crippen LogP contribution in [-0.2, 0) is 11.8 Å². The largest absolute Gasteiger partial charge is 0.246 e. The van der Waals surface area contributed by atoms with E-state index in [1.807, 2.05) is 11.3 Å². The molecule has 1 heterocycles. The van der Waals surface area contributed by atoms with Gasteiger partial charge in [-0.25, -0.2) is 4.98 Å². The number of nitrogens with zero attached hydrogens (tertiary/aromatic N) is 1. The van der Waals surface area contributed by atoms with Gasteiger partial charge in [-0.15, -0.1) is 11.3 Å². The van der Waals surface area contributed by atoms with Crippen LogP contribution in [0.3, 0.4) is 0 Å². The van der Waals surface area contributed by atoms with Gasteiger partial charge < -0.3 is 0 Å². The second kappa shape index (κ2) is 2.31. The molecule has 0 aliphatic heterocycles. The minimum Gasteiger partial charge on any atom is -0.246 e. The van der Waals surface area contributed by atoms with E-state index in [-0.39, 0.29) is 0 Å². The highest BCUT2D eigenvalue weighted by atomic mass is 32.1. The molecule has 1 aromatic heterocycles. The van der Waals surface area contributed by atoms with E-state index in [1.165, 1.54) is 23.5 Å². The van der Waals surface area contributed by atoms with Gasteiger partial charge in [0.1, 0.15) is 0 Å². The summed E-state index contributed by atoms with van der Waals surface area (Å²) in [4.78, 5) is 4.58. The summed E-state index contributed by atoms with van der Waals surface area (Å²) in [5.74, 6) is 0. The van der Waals surface area contributed by atoms with Gasteiger partial charge in [0.15, 0.2) is 0 Å². The van der Waals surface area contributed by atoms with E-state index in [9.17, 15) is 0 Å². The van der Waals surface area contributed by atoms with Gasteiger partial charge in [-0.2, -0.15) is 0 Å². The van der Waals surface area contributed by atoms with Crippen LogP contribution in [0.4, 0.5) is 0 Å². The second-order valence-electron chi connectivity index (χ2n) is 3.56. The van der Waals surface area contributed by atoms with Crippen molar-refractivity contribution < 1.29 is 0 Å². The molecular weight excluding hydrogens is 154 g/mol. The van der Waals surface area contributed by atoms with Crippen LogP contribution in [0.5, 0.6) is 0 Å². The lowest BCUT2D eigenvalue weighted by molar-refractivity contribution is 0.769. The molecule has 0 atom stereocenters. The van der Waals surface area contributed by atoms with Crippen LogP contribution in [0.25, 0.3) is 0 Å². The maximum absolute atomic E-state index is 4.58. The van der Waals surface area contributed by atoms with Gasteiger partial charge in [-0.3, -0.25) is 0 Å². The molecule has 0 amide bonds. The molecule has 1 fully saturated rings. The summed E-state index contributed by atoms with van der Waals surface area (Å²) in [6.45, 7) is 4.47. The van der Waals surface area contributed by atoms with Crippen LogP contribution in [-0.4, -0.2) is 4.98 Å². The molecule has 0 radical (unpaired) electrons. The number of aromatic nitrogens is 1. The van der Waals surface area contributed by atoms with Gasteiger partial charge >= 0.3 is 0 Å². The Kier molecular flexibility index (Phi) is 1.53. The van der Waals surface area contributed by atoms with E-state index >= 15 is 0 Å². The van der Waals surface area contributed by atoms with Crippen molar-refractivity contribution in [1.82, 2.24) is 4.98 Å². The normalized spacial score (nSPS) is 20.2. The fraction of sp³-hybridized carbons (Fsp3) is 0.667. The van der Waals surface area contributed by atoms with Gasteiger partial charge in [0.25, 0.3) is 0 Å². The average Bonchev–Trinajstić information content (AvgIpc) is 2.61. The zero-order valence-electron chi connectivity index (χ0n) is 7.05. The zero-order valence-corrected chi connectivity index (χ0v) is 7.87. The number of rotatable bonds is 2. The molecule has 2 heteroatoms. The van der Waals surface area contributed by atoms with E-state index in [2.05, 4.69) is 24.2 Å². The Hall–Kier alpha value is -0.370. The highest BCUT2D eigenvalue weighted by Crippen LogP contribution is 2.48. The Bertz CT molecular complexity index is 260. The predicted molar refractivity (Wildman–Crippen MR) is 48.1 cm³/mol. The van der Waals surface area contributed by atoms with Gasteiger partial charge in [0.2, 0.25) is 0 Å². The van der Waals surface area contributed by atoms with Crippen molar-refractivity contribution in [3.05, 3.63) is 16.1 Å². The van der Waals surface area contributed by atoms with Crippen molar-refractivity contribution >= 4 is 11.3 Å². The second-order valence-corrected chi connectivity index (χ2v) is 4.42. The topological polar surface area (TPSA) is 12.9 Å². The number of hydrogen-bond donors (Lipinski definition) is 0. The molecule has 2 rings (SSSR count). The van der Waals surface area contributed by atoms with Gasteiger partial charge in [-0.1, -0.05) is 13.8 Å². The van der Waals surface area contributed by atoms with Crippen LogP contribution in [0, 0.1) is 0 Å². The molecule has 0 N–H and O–H groups in total. The van der Waals surface area contributed by atoms with Crippen LogP contribution < -0.4 is 0 Å². The lowest BCUT2D eigenvalue weighted by Crippen LogP contribution is -1.98. The summed E-state index contributed by atoms with van der Waals surface area (Å²) in [6, 6.07) is 0. The smallest absolute Gasteiger partial charge is 0.0987 e. The number of thiazole rings is 1. The third-order valence-corrected chi connectivity index (χ3v) is 3.63. The van der Waals surface area contributed by atoms with Crippen molar-refractivity contribution in [3.63, 3.8) is 0 Å². The fourth-order valence-electron chi connectivity index (χ4n) is 1.15. The average molecular weight is 167 g/mol. The monoisotopic (exact) mass is 167 g/mol. The highest BCUT2D eigenvalue weighted by molar-refractivity contribution is 7.09. The highest BCUT2D eigenvalue weighted by Gasteiger charge is 2.41. The minimum absolute atomic E-state index is 0.470. The molecular formula is C9H13NS. The molecule has 1 nitrogen and oxygen atoms in total. The molecule has 0 spiro atoms. The first kappa shape index (κ1) is 7.29. The third kappa shape index (κ3) is 1.20. The first-order valence-corrected chi connectivity index (χ1v) is 5.07. The predicted octanol–water partition coefficient (Wildman–Crippen LogP) is 2.76. The van der Waals surface area contributed by atoms with E-state index in [4.69, 9.17) is 0 Å². The molecule has 0 unspecified atom stereocenters. The third-order valence-electron chi connectivity index (χ3n) is 2.43. The molecule has 1 aromatic rings. The van der Waals surface area contributed by atoms with Crippen LogP contribution >= 0.6 is 11.3 Å². The summed E-state index contributed by atoms with van der Waals surface area (Å²) >= 11 is 1.83. The maximum atomic E-state index is 4.58. The summed E-state index contributed by atoms with van der Waals surface area (Å²) in [6.07, 6.45) is 3.75. The Balaban J connectivity index is 2.25. The van der Waals surface area contributed by atoms with Gasteiger partial charge in [0.05, 0.1) is 10.7 Å². The lowest BCUT2D eigenvalue weighted by atomic mass is 10.2. The van der Waals surface area contributed by atoms with Crippen molar-refractivity contribution in [2.24, 2.45) is 0 Å². The van der Waals surface area contributed by atoms with Crippen molar-refractivity contribution in [2.45, 2.75) is 38.5 Å². The van der Waals surface area contributed by atoms with Crippen LogP contribution in [0.1, 0.15) is 37.4 Å². The minimum atomic E-state index is 0.470. The lowest BCUT2D eigenvalue weighted by Gasteiger charge is -2.00. The van der Waals surface area contributed by atoms with Crippen molar-refractivity contribution in [2.75, 3.05) is 0 Å². The summed E-state index contributed by atoms with van der Waals surface area (Å²) in [5, 5.41) is 3.55. The zero-order chi connectivity index (χ0) is 7.90. The summed E-state index contributed by atoms with van der Waals surface area (Å²) in [5.41, 5.74) is 1.73. The standard InChI is InChI=1S/C9H13NS/c1-3-7-6-11-8(10-7)9(2)4-5-9/h6H,3-5H2,1-2H3. The van der Waals surface area contributed by atoms with Crippen molar-refractivity contribution in [3.8, 4) is 0 Å². The van der Waals surface area contributed by atoms with E-state index < -0.39 is 0 Å². The Morgan fingerprint density at radius 1 is 1.64 bits per heavy atom. The first-order chi connectivity index (χ1) is 5.24. The number of hydrogen-bond acceptors (Lipinski definition) is 2. The van der Waals surface area contributed by atoms with E-state index in [1.54, 1.807) is 0 Å². The van der Waals surface area contributed by atoms with Crippen molar-refractivity contribution in [1.29, 1.82) is 0 Å². The molecule has 0 aromatic carbocycles. The Morgan fingerprint density at radius 2 is 2.36 bits per heavy atom. The quantitative estimate of drug-likeness (QED) is 0.660. The first-order valence-electron chi connectivity index (χ1n) is 4.19. The molecule has 1 aliphatic carbocycles. The summed E-state index contributed by atoms with van der Waals surface area (Å²) in [7, 11) is 0. The van der Waals surface area contributed by atoms with Gasteiger partial charge in [-0.05, 0) is 19.3 Å².